The third kappa shape index (κ3) is 4.04. The second-order valence-corrected chi connectivity index (χ2v) is 13.1. The number of amides is 2. The molecule has 2 aromatic rings. The molecule has 1 N–H and O–H groups in total. The van der Waals surface area contributed by atoms with Crippen LogP contribution in [0, 0.1) is 34.5 Å². The van der Waals surface area contributed by atoms with Gasteiger partial charge in [-0.2, -0.15) is 0 Å². The van der Waals surface area contributed by atoms with Crippen molar-refractivity contribution in [2.75, 3.05) is 12.4 Å². The summed E-state index contributed by atoms with van der Waals surface area (Å²) in [5.41, 5.74) is 1.90. The molecule has 0 aromatic heterocycles. The standard InChI is InChI=1S/C33H42N2O3/c1-21-28-25-11-8-18-32(25,2)19-16-26(28)33(3)20-17-27(36)35(4)30(33)29(21)38-24-14-12-23(13-15-24)34-31(37)22-9-6-5-7-10-22/h5-7,9-10,12-15,21,25-26,28-30H,8,11,16-20H2,1-4H3,(H,34,37)/t21?,25-,26+,28-,29?,30?,32-,33+/m0/s1. The molecule has 4 aliphatic rings. The fourth-order valence-corrected chi connectivity index (χ4v) is 9.23. The number of carbonyl (C=O) groups excluding carboxylic acids is 2. The number of hydrogen-bond acceptors (Lipinski definition) is 3. The maximum absolute atomic E-state index is 13.0. The average Bonchev–Trinajstić information content (AvgIpc) is 3.32. The number of rotatable bonds is 4. The Morgan fingerprint density at radius 3 is 2.45 bits per heavy atom. The van der Waals surface area contributed by atoms with Gasteiger partial charge in [-0.1, -0.05) is 45.4 Å². The first-order valence-electron chi connectivity index (χ1n) is 14.6. The number of carbonyl (C=O) groups is 2. The highest BCUT2D eigenvalue weighted by Gasteiger charge is 2.64. The third-order valence-electron chi connectivity index (χ3n) is 11.2. The van der Waals surface area contributed by atoms with E-state index in [9.17, 15) is 9.59 Å². The number of fused-ring (bicyclic) bond motifs is 5. The highest BCUT2D eigenvalue weighted by atomic mass is 16.5. The molecule has 6 rings (SSSR count). The lowest BCUT2D eigenvalue weighted by Gasteiger charge is -2.65. The Labute approximate surface area is 227 Å². The van der Waals surface area contributed by atoms with Gasteiger partial charge in [-0.15, -0.1) is 0 Å². The lowest BCUT2D eigenvalue weighted by molar-refractivity contribution is -0.191. The van der Waals surface area contributed by atoms with Gasteiger partial charge in [-0.3, -0.25) is 9.59 Å². The number of ether oxygens (including phenoxy) is 1. The van der Waals surface area contributed by atoms with Crippen LogP contribution < -0.4 is 10.1 Å². The summed E-state index contributed by atoms with van der Waals surface area (Å²) < 4.78 is 6.89. The number of nitrogens with zero attached hydrogens (tertiary/aromatic N) is 1. The summed E-state index contributed by atoms with van der Waals surface area (Å²) in [5, 5.41) is 2.98. The first kappa shape index (κ1) is 25.5. The van der Waals surface area contributed by atoms with Crippen molar-refractivity contribution in [3.05, 3.63) is 60.2 Å². The minimum absolute atomic E-state index is 0.0526. The van der Waals surface area contributed by atoms with Crippen molar-refractivity contribution in [1.29, 1.82) is 0 Å². The summed E-state index contributed by atoms with van der Waals surface area (Å²) in [6.45, 7) is 7.39. The van der Waals surface area contributed by atoms with Gasteiger partial charge in [0.15, 0.2) is 0 Å². The van der Waals surface area contributed by atoms with E-state index in [1.165, 1.54) is 32.1 Å². The highest BCUT2D eigenvalue weighted by Crippen LogP contribution is 2.66. The summed E-state index contributed by atoms with van der Waals surface area (Å²) in [6, 6.07) is 17.1. The van der Waals surface area contributed by atoms with Gasteiger partial charge in [-0.05, 0) is 103 Å². The Bertz CT molecular complexity index is 1200. The zero-order valence-corrected chi connectivity index (χ0v) is 23.3. The fraction of sp³-hybridized carbons (Fsp3) is 0.576. The minimum atomic E-state index is -0.124. The molecule has 0 radical (unpaired) electrons. The van der Waals surface area contributed by atoms with E-state index in [0.717, 1.165) is 23.8 Å². The number of nitrogens with one attached hydrogen (secondary N) is 1. The van der Waals surface area contributed by atoms with Crippen LogP contribution >= 0.6 is 0 Å². The zero-order valence-electron chi connectivity index (χ0n) is 23.3. The number of benzene rings is 2. The van der Waals surface area contributed by atoms with Crippen molar-refractivity contribution in [2.45, 2.75) is 77.9 Å². The zero-order chi connectivity index (χ0) is 26.7. The molecule has 1 aliphatic heterocycles. The minimum Gasteiger partial charge on any atom is -0.488 e. The molecule has 8 atom stereocenters. The molecule has 5 heteroatoms. The monoisotopic (exact) mass is 514 g/mol. The molecule has 2 amide bonds. The second-order valence-electron chi connectivity index (χ2n) is 13.1. The number of likely N-dealkylation sites (tertiary alicyclic amines) is 1. The van der Waals surface area contributed by atoms with Crippen LogP contribution in [0.2, 0.25) is 0 Å². The van der Waals surface area contributed by atoms with Gasteiger partial charge in [0.2, 0.25) is 5.91 Å². The Balaban J connectivity index is 1.28. The van der Waals surface area contributed by atoms with E-state index >= 15 is 0 Å². The molecule has 4 fully saturated rings. The number of hydrogen-bond donors (Lipinski definition) is 1. The molecule has 38 heavy (non-hydrogen) atoms. The predicted molar refractivity (Wildman–Crippen MR) is 150 cm³/mol. The molecule has 1 heterocycles. The maximum Gasteiger partial charge on any atom is 0.255 e. The number of piperidine rings is 1. The van der Waals surface area contributed by atoms with Crippen molar-refractivity contribution in [3.63, 3.8) is 0 Å². The van der Waals surface area contributed by atoms with Gasteiger partial charge < -0.3 is 15.0 Å². The van der Waals surface area contributed by atoms with E-state index < -0.39 is 0 Å². The van der Waals surface area contributed by atoms with E-state index in [1.54, 1.807) is 0 Å². The first-order valence-corrected chi connectivity index (χ1v) is 14.6. The van der Waals surface area contributed by atoms with Crippen LogP contribution in [-0.2, 0) is 4.79 Å². The van der Waals surface area contributed by atoms with Gasteiger partial charge in [-0.25, -0.2) is 0 Å². The Morgan fingerprint density at radius 1 is 0.974 bits per heavy atom. The van der Waals surface area contributed by atoms with Crippen LogP contribution in [0.15, 0.2) is 54.6 Å². The quantitative estimate of drug-likeness (QED) is 0.488. The SMILES string of the molecule is CC1C(Oc2ccc(NC(=O)c3ccccc3)cc2)C2N(C)C(=O)CC[C@]2(C)[C@@H]2CC[C@]3(C)CCC[C@H]3[C@H]12. The van der Waals surface area contributed by atoms with Gasteiger partial charge in [0.05, 0.1) is 6.04 Å². The molecule has 1 saturated heterocycles. The largest absolute Gasteiger partial charge is 0.488 e. The average molecular weight is 515 g/mol. The molecule has 3 unspecified atom stereocenters. The van der Waals surface area contributed by atoms with Crippen LogP contribution in [0.1, 0.15) is 76.1 Å². The van der Waals surface area contributed by atoms with E-state index in [4.69, 9.17) is 4.74 Å². The number of likely N-dealkylation sites (N-methyl/N-ethyl adjacent to an activating group) is 1. The normalized spacial score (nSPS) is 38.1. The molecular formula is C33H42N2O3. The number of anilines is 1. The lowest BCUT2D eigenvalue weighted by Crippen LogP contribution is -2.69. The topological polar surface area (TPSA) is 58.6 Å². The Hall–Kier alpha value is -2.82. The highest BCUT2D eigenvalue weighted by molar-refractivity contribution is 6.04. The van der Waals surface area contributed by atoms with Crippen molar-refractivity contribution in [3.8, 4) is 5.75 Å². The molecule has 0 bridgehead atoms. The van der Waals surface area contributed by atoms with E-state index in [2.05, 4.69) is 26.1 Å². The summed E-state index contributed by atoms with van der Waals surface area (Å²) in [6.07, 6.45) is 8.19. The van der Waals surface area contributed by atoms with Crippen molar-refractivity contribution >= 4 is 17.5 Å². The third-order valence-corrected chi connectivity index (χ3v) is 11.2. The van der Waals surface area contributed by atoms with Crippen LogP contribution in [0.25, 0.3) is 0 Å². The molecule has 2 aromatic carbocycles. The second kappa shape index (κ2) is 9.43. The molecule has 3 aliphatic carbocycles. The molecule has 3 saturated carbocycles. The molecular weight excluding hydrogens is 472 g/mol. The van der Waals surface area contributed by atoms with E-state index in [0.29, 0.717) is 35.2 Å². The maximum atomic E-state index is 13.0. The van der Waals surface area contributed by atoms with Crippen molar-refractivity contribution in [1.82, 2.24) is 4.90 Å². The predicted octanol–water partition coefficient (Wildman–Crippen LogP) is 6.80. The Kier molecular flexibility index (Phi) is 6.32. The van der Waals surface area contributed by atoms with Crippen molar-refractivity contribution < 1.29 is 14.3 Å². The molecule has 202 valence electrons. The molecule has 5 nitrogen and oxygen atoms in total. The van der Waals surface area contributed by atoms with Gasteiger partial charge in [0, 0.05) is 24.7 Å². The Morgan fingerprint density at radius 2 is 1.71 bits per heavy atom. The summed E-state index contributed by atoms with van der Waals surface area (Å²) >= 11 is 0. The van der Waals surface area contributed by atoms with Crippen molar-refractivity contribution in [2.24, 2.45) is 34.5 Å². The fourth-order valence-electron chi connectivity index (χ4n) is 9.23. The van der Waals surface area contributed by atoms with Crippen LogP contribution in [0.4, 0.5) is 5.69 Å². The summed E-state index contributed by atoms with van der Waals surface area (Å²) in [4.78, 5) is 27.6. The lowest BCUT2D eigenvalue weighted by atomic mass is 9.44. The van der Waals surface area contributed by atoms with E-state index in [-0.39, 0.29) is 29.4 Å². The van der Waals surface area contributed by atoms with Gasteiger partial charge in [0.1, 0.15) is 11.9 Å². The van der Waals surface area contributed by atoms with E-state index in [1.807, 2.05) is 66.5 Å². The van der Waals surface area contributed by atoms with Crippen LogP contribution in [0.3, 0.4) is 0 Å². The van der Waals surface area contributed by atoms with Gasteiger partial charge in [0.25, 0.3) is 5.91 Å². The molecule has 0 spiro atoms. The van der Waals surface area contributed by atoms with Gasteiger partial charge >= 0.3 is 0 Å². The summed E-state index contributed by atoms with van der Waals surface area (Å²) in [7, 11) is 2.00. The van der Waals surface area contributed by atoms with Crippen LogP contribution in [0.5, 0.6) is 5.75 Å². The summed E-state index contributed by atoms with van der Waals surface area (Å²) in [5.74, 6) is 3.31. The smallest absolute Gasteiger partial charge is 0.255 e. The van der Waals surface area contributed by atoms with Crippen LogP contribution in [-0.4, -0.2) is 35.9 Å². The first-order chi connectivity index (χ1) is 18.2.